The molecule has 1 saturated heterocycles. The molecule has 112 valence electrons. The number of benzene rings is 1. The molecule has 1 aliphatic heterocycles. The second-order valence-corrected chi connectivity index (χ2v) is 5.61. The highest BCUT2D eigenvalue weighted by Gasteiger charge is 2.20. The topological polar surface area (TPSA) is 58.4 Å². The number of carbonyl (C=O) groups excluding carboxylic acids is 1. The van der Waals surface area contributed by atoms with Gasteiger partial charge < -0.3 is 11.1 Å². The summed E-state index contributed by atoms with van der Waals surface area (Å²) >= 11 is 0. The Kier molecular flexibility index (Phi) is 6.46. The molecule has 2 rings (SSSR count). The third-order valence-corrected chi connectivity index (χ3v) is 3.51. The summed E-state index contributed by atoms with van der Waals surface area (Å²) in [7, 11) is 0. The summed E-state index contributed by atoms with van der Waals surface area (Å²) in [6.07, 6.45) is 0.982. The minimum Gasteiger partial charge on any atom is -0.326 e. The van der Waals surface area contributed by atoms with Crippen molar-refractivity contribution in [2.45, 2.75) is 32.2 Å². The maximum Gasteiger partial charge on any atom is 0.238 e. The molecule has 0 aromatic heterocycles. The molecule has 5 heteroatoms. The largest absolute Gasteiger partial charge is 0.326 e. The highest BCUT2D eigenvalue weighted by molar-refractivity contribution is 5.92. The molecular formula is C15H24ClN3O. The van der Waals surface area contributed by atoms with Gasteiger partial charge >= 0.3 is 0 Å². The van der Waals surface area contributed by atoms with Crippen molar-refractivity contribution in [3.63, 3.8) is 0 Å². The van der Waals surface area contributed by atoms with Gasteiger partial charge in [-0.15, -0.1) is 12.4 Å². The summed E-state index contributed by atoms with van der Waals surface area (Å²) < 4.78 is 0. The van der Waals surface area contributed by atoms with Crippen LogP contribution in [0.3, 0.4) is 0 Å². The fourth-order valence-electron chi connectivity index (χ4n) is 2.39. The maximum absolute atomic E-state index is 12.0. The van der Waals surface area contributed by atoms with Crippen LogP contribution in [0.2, 0.25) is 0 Å². The number of nitrogens with zero attached hydrogens (tertiary/aromatic N) is 1. The van der Waals surface area contributed by atoms with Crippen LogP contribution in [0.25, 0.3) is 0 Å². The molecule has 20 heavy (non-hydrogen) atoms. The van der Waals surface area contributed by atoms with E-state index in [2.05, 4.69) is 30.1 Å². The molecule has 3 N–H and O–H groups in total. The van der Waals surface area contributed by atoms with E-state index >= 15 is 0 Å². The normalized spacial score (nSPS) is 18.9. The number of rotatable bonds is 4. The zero-order chi connectivity index (χ0) is 13.8. The van der Waals surface area contributed by atoms with Crippen molar-refractivity contribution < 1.29 is 4.79 Å². The van der Waals surface area contributed by atoms with Crippen molar-refractivity contribution in [1.82, 2.24) is 4.90 Å². The van der Waals surface area contributed by atoms with Gasteiger partial charge in [-0.05, 0) is 30.0 Å². The first kappa shape index (κ1) is 17.0. The molecule has 1 fully saturated rings. The van der Waals surface area contributed by atoms with Gasteiger partial charge in [0.2, 0.25) is 5.91 Å². The second-order valence-electron chi connectivity index (χ2n) is 5.61. The van der Waals surface area contributed by atoms with Gasteiger partial charge in [-0.2, -0.15) is 0 Å². The highest BCUT2D eigenvalue weighted by atomic mass is 35.5. The SMILES string of the molecule is CC(C)c1cccc(NC(=O)CN2CC[C@H](N)C2)c1.Cl. The first-order valence-corrected chi connectivity index (χ1v) is 6.92. The summed E-state index contributed by atoms with van der Waals surface area (Å²) in [6.45, 7) is 6.46. The summed E-state index contributed by atoms with van der Waals surface area (Å²) in [5.41, 5.74) is 7.94. The number of nitrogens with two attached hydrogens (primary N) is 1. The lowest BCUT2D eigenvalue weighted by molar-refractivity contribution is -0.117. The van der Waals surface area contributed by atoms with Gasteiger partial charge in [-0.25, -0.2) is 0 Å². The molecule has 1 aromatic carbocycles. The molecule has 4 nitrogen and oxygen atoms in total. The molecule has 0 bridgehead atoms. The summed E-state index contributed by atoms with van der Waals surface area (Å²) in [6, 6.07) is 8.26. The smallest absolute Gasteiger partial charge is 0.238 e. The second kappa shape index (κ2) is 7.62. The van der Waals surface area contributed by atoms with Crippen LogP contribution in [0, 0.1) is 0 Å². The molecule has 1 amide bonds. The van der Waals surface area contributed by atoms with Crippen molar-refractivity contribution in [3.05, 3.63) is 29.8 Å². The van der Waals surface area contributed by atoms with E-state index in [0.717, 1.165) is 25.2 Å². The van der Waals surface area contributed by atoms with E-state index < -0.39 is 0 Å². The molecule has 1 heterocycles. The van der Waals surface area contributed by atoms with Crippen LogP contribution in [-0.2, 0) is 4.79 Å². The van der Waals surface area contributed by atoms with Gasteiger partial charge in [0.05, 0.1) is 6.54 Å². The van der Waals surface area contributed by atoms with Gasteiger partial charge in [0.15, 0.2) is 0 Å². The third kappa shape index (κ3) is 4.78. The average Bonchev–Trinajstić information content (AvgIpc) is 2.74. The highest BCUT2D eigenvalue weighted by Crippen LogP contribution is 2.18. The predicted molar refractivity (Wildman–Crippen MR) is 85.4 cm³/mol. The van der Waals surface area contributed by atoms with Crippen LogP contribution in [0.1, 0.15) is 31.7 Å². The Hall–Kier alpha value is -1.10. The molecule has 1 aromatic rings. The minimum atomic E-state index is 0. The zero-order valence-electron chi connectivity index (χ0n) is 12.1. The Morgan fingerprint density at radius 3 is 2.85 bits per heavy atom. The van der Waals surface area contributed by atoms with E-state index in [1.165, 1.54) is 5.56 Å². The number of anilines is 1. The number of halogens is 1. The predicted octanol–water partition coefficient (Wildman–Crippen LogP) is 2.20. The van der Waals surface area contributed by atoms with E-state index in [9.17, 15) is 4.79 Å². The first-order chi connectivity index (χ1) is 9.04. The fourth-order valence-corrected chi connectivity index (χ4v) is 2.39. The van der Waals surface area contributed by atoms with Gasteiger partial charge in [-0.3, -0.25) is 9.69 Å². The Labute approximate surface area is 127 Å². The molecular weight excluding hydrogens is 274 g/mol. The molecule has 0 spiro atoms. The Morgan fingerprint density at radius 1 is 1.50 bits per heavy atom. The average molecular weight is 298 g/mol. The van der Waals surface area contributed by atoms with Crippen molar-refractivity contribution in [2.24, 2.45) is 5.73 Å². The van der Waals surface area contributed by atoms with Crippen molar-refractivity contribution in [1.29, 1.82) is 0 Å². The van der Waals surface area contributed by atoms with Crippen molar-refractivity contribution in [2.75, 3.05) is 25.0 Å². The van der Waals surface area contributed by atoms with Crippen molar-refractivity contribution in [3.8, 4) is 0 Å². The van der Waals surface area contributed by atoms with Crippen LogP contribution in [0.5, 0.6) is 0 Å². The Bertz CT molecular complexity index is 450. The summed E-state index contributed by atoms with van der Waals surface area (Å²) in [5, 5.41) is 2.96. The molecule has 0 radical (unpaired) electrons. The lowest BCUT2D eigenvalue weighted by atomic mass is 10.0. The number of nitrogens with one attached hydrogen (secondary N) is 1. The van der Waals surface area contributed by atoms with Gasteiger partial charge in [0, 0.05) is 24.8 Å². The van der Waals surface area contributed by atoms with Crippen LogP contribution >= 0.6 is 12.4 Å². The number of carbonyl (C=O) groups is 1. The van der Waals surface area contributed by atoms with E-state index in [1.807, 2.05) is 18.2 Å². The lowest BCUT2D eigenvalue weighted by Crippen LogP contribution is -2.33. The molecule has 0 unspecified atom stereocenters. The number of hydrogen-bond donors (Lipinski definition) is 2. The molecule has 1 aliphatic rings. The zero-order valence-corrected chi connectivity index (χ0v) is 13.0. The van der Waals surface area contributed by atoms with Crippen LogP contribution in [-0.4, -0.2) is 36.5 Å². The van der Waals surface area contributed by atoms with Crippen molar-refractivity contribution >= 4 is 24.0 Å². The number of hydrogen-bond acceptors (Lipinski definition) is 3. The van der Waals surface area contributed by atoms with E-state index in [-0.39, 0.29) is 24.4 Å². The fraction of sp³-hybridized carbons (Fsp3) is 0.533. The summed E-state index contributed by atoms with van der Waals surface area (Å²) in [4.78, 5) is 14.1. The quantitative estimate of drug-likeness (QED) is 0.896. The first-order valence-electron chi connectivity index (χ1n) is 6.92. The maximum atomic E-state index is 12.0. The van der Waals surface area contributed by atoms with Crippen LogP contribution in [0.15, 0.2) is 24.3 Å². The number of likely N-dealkylation sites (tertiary alicyclic amines) is 1. The number of amides is 1. The molecule has 1 atom stereocenters. The van der Waals surface area contributed by atoms with Crippen LogP contribution < -0.4 is 11.1 Å². The van der Waals surface area contributed by atoms with Crippen LogP contribution in [0.4, 0.5) is 5.69 Å². The van der Waals surface area contributed by atoms with Gasteiger partial charge in [-0.1, -0.05) is 26.0 Å². The van der Waals surface area contributed by atoms with E-state index in [1.54, 1.807) is 0 Å². The monoisotopic (exact) mass is 297 g/mol. The minimum absolute atomic E-state index is 0. The third-order valence-electron chi connectivity index (χ3n) is 3.51. The van der Waals surface area contributed by atoms with E-state index in [0.29, 0.717) is 12.5 Å². The lowest BCUT2D eigenvalue weighted by Gasteiger charge is -2.15. The van der Waals surface area contributed by atoms with Gasteiger partial charge in [0.1, 0.15) is 0 Å². The van der Waals surface area contributed by atoms with E-state index in [4.69, 9.17) is 5.73 Å². The Balaban J connectivity index is 0.00000200. The summed E-state index contributed by atoms with van der Waals surface area (Å²) in [5.74, 6) is 0.503. The molecule has 0 aliphatic carbocycles. The Morgan fingerprint density at radius 2 is 2.25 bits per heavy atom. The standard InChI is InChI=1S/C15H23N3O.ClH/c1-11(2)12-4-3-5-14(8-12)17-15(19)10-18-7-6-13(16)9-18;/h3-5,8,11,13H,6-7,9-10,16H2,1-2H3,(H,17,19);1H/t13-;/m0./s1. The van der Waals surface area contributed by atoms with Gasteiger partial charge in [0.25, 0.3) is 0 Å². The molecule has 0 saturated carbocycles.